The third-order valence-corrected chi connectivity index (χ3v) is 5.18. The van der Waals surface area contributed by atoms with Gasteiger partial charge in [-0.15, -0.1) is 0 Å². The Balaban J connectivity index is 2.46. The van der Waals surface area contributed by atoms with E-state index in [1.165, 1.54) is 6.07 Å². The number of benzene rings is 2. The van der Waals surface area contributed by atoms with E-state index in [0.29, 0.717) is 41.5 Å². The second-order valence-electron chi connectivity index (χ2n) is 5.15. The average molecular weight is 444 g/mol. The minimum absolute atomic E-state index is 0.0398. The molecule has 0 aliphatic rings. The van der Waals surface area contributed by atoms with Crippen molar-refractivity contribution in [1.82, 2.24) is 0 Å². The number of anilines is 1. The topological polar surface area (TPSA) is 73.9 Å². The molecule has 0 aromatic heterocycles. The van der Waals surface area contributed by atoms with E-state index >= 15 is 0 Å². The van der Waals surface area contributed by atoms with Gasteiger partial charge in [-0.1, -0.05) is 15.9 Å². The molecule has 8 heteroatoms. The van der Waals surface area contributed by atoms with Gasteiger partial charge in [-0.05, 0) is 51.1 Å². The molecule has 26 heavy (non-hydrogen) atoms. The largest absolute Gasteiger partial charge is 0.494 e. The third-order valence-electron chi connectivity index (χ3n) is 3.30. The molecule has 0 bridgehead atoms. The lowest BCUT2D eigenvalue weighted by atomic mass is 10.3. The Morgan fingerprint density at radius 3 is 2.15 bits per heavy atom. The lowest BCUT2D eigenvalue weighted by molar-refractivity contribution is 0.331. The van der Waals surface area contributed by atoms with E-state index in [1.54, 1.807) is 37.3 Å². The highest BCUT2D eigenvalue weighted by atomic mass is 79.9. The summed E-state index contributed by atoms with van der Waals surface area (Å²) in [5.74, 6) is 1.25. The van der Waals surface area contributed by atoms with E-state index in [2.05, 4.69) is 20.7 Å². The van der Waals surface area contributed by atoms with E-state index in [1.807, 2.05) is 13.8 Å². The molecule has 2 aromatic carbocycles. The molecule has 0 saturated carbocycles. The van der Waals surface area contributed by atoms with Gasteiger partial charge in [0.15, 0.2) is 0 Å². The zero-order chi connectivity index (χ0) is 19.2. The summed E-state index contributed by atoms with van der Waals surface area (Å²) in [5.41, 5.74) is 0.306. The summed E-state index contributed by atoms with van der Waals surface area (Å²) in [6, 6.07) is 9.85. The van der Waals surface area contributed by atoms with Crippen molar-refractivity contribution in [2.24, 2.45) is 0 Å². The van der Waals surface area contributed by atoms with E-state index in [4.69, 9.17) is 14.2 Å². The maximum absolute atomic E-state index is 13.0. The molecular weight excluding hydrogens is 422 g/mol. The van der Waals surface area contributed by atoms with Gasteiger partial charge in [-0.3, -0.25) is 4.72 Å². The van der Waals surface area contributed by atoms with Crippen molar-refractivity contribution in [3.63, 3.8) is 0 Å². The van der Waals surface area contributed by atoms with Crippen LogP contribution in [-0.4, -0.2) is 28.2 Å². The van der Waals surface area contributed by atoms with Gasteiger partial charge in [-0.2, -0.15) is 0 Å². The van der Waals surface area contributed by atoms with Crippen LogP contribution < -0.4 is 18.9 Å². The van der Waals surface area contributed by atoms with Gasteiger partial charge in [-0.25, -0.2) is 8.42 Å². The van der Waals surface area contributed by atoms with E-state index < -0.39 is 10.0 Å². The summed E-state index contributed by atoms with van der Waals surface area (Å²) >= 11 is 3.30. The van der Waals surface area contributed by atoms with Crippen molar-refractivity contribution in [3.8, 4) is 17.2 Å². The van der Waals surface area contributed by atoms with Gasteiger partial charge in [0, 0.05) is 10.5 Å². The van der Waals surface area contributed by atoms with Gasteiger partial charge in [0.1, 0.15) is 22.1 Å². The molecule has 0 fully saturated rings. The number of rotatable bonds is 9. The summed E-state index contributed by atoms with van der Waals surface area (Å²) in [4.78, 5) is 0.0398. The first-order chi connectivity index (χ1) is 12.4. The highest BCUT2D eigenvalue weighted by Gasteiger charge is 2.22. The first-order valence-corrected chi connectivity index (χ1v) is 10.5. The molecule has 142 valence electrons. The van der Waals surface area contributed by atoms with Gasteiger partial charge >= 0.3 is 0 Å². The fourth-order valence-corrected chi connectivity index (χ4v) is 4.04. The van der Waals surface area contributed by atoms with E-state index in [-0.39, 0.29) is 10.6 Å². The van der Waals surface area contributed by atoms with Crippen LogP contribution in [0.5, 0.6) is 17.2 Å². The minimum atomic E-state index is -3.90. The van der Waals surface area contributed by atoms with Crippen molar-refractivity contribution in [3.05, 3.63) is 40.9 Å². The second-order valence-corrected chi connectivity index (χ2v) is 7.72. The van der Waals surface area contributed by atoms with Crippen LogP contribution >= 0.6 is 15.9 Å². The van der Waals surface area contributed by atoms with Crippen LogP contribution in [0.15, 0.2) is 45.8 Å². The number of hydrogen-bond acceptors (Lipinski definition) is 5. The Bertz CT molecular complexity index is 855. The molecule has 0 radical (unpaired) electrons. The summed E-state index contributed by atoms with van der Waals surface area (Å²) in [6.07, 6.45) is 0. The van der Waals surface area contributed by atoms with Gasteiger partial charge in [0.2, 0.25) is 0 Å². The number of sulfonamides is 1. The van der Waals surface area contributed by atoms with Crippen LogP contribution in [0.2, 0.25) is 0 Å². The van der Waals surface area contributed by atoms with Crippen molar-refractivity contribution in [2.75, 3.05) is 24.5 Å². The van der Waals surface area contributed by atoms with Crippen molar-refractivity contribution in [1.29, 1.82) is 0 Å². The molecule has 0 saturated heterocycles. The normalized spacial score (nSPS) is 11.1. The van der Waals surface area contributed by atoms with Crippen LogP contribution in [-0.2, 0) is 10.0 Å². The highest BCUT2D eigenvalue weighted by molar-refractivity contribution is 9.10. The quantitative estimate of drug-likeness (QED) is 0.619. The first kappa shape index (κ1) is 20.4. The number of hydrogen-bond donors (Lipinski definition) is 1. The third kappa shape index (κ3) is 5.04. The molecule has 0 unspecified atom stereocenters. The van der Waals surface area contributed by atoms with Gasteiger partial charge < -0.3 is 14.2 Å². The second kappa shape index (κ2) is 9.14. The average Bonchev–Trinajstić information content (AvgIpc) is 2.59. The van der Waals surface area contributed by atoms with Gasteiger partial charge in [0.05, 0.1) is 25.5 Å². The molecule has 1 N–H and O–H groups in total. The Labute approximate surface area is 162 Å². The molecule has 2 aromatic rings. The van der Waals surface area contributed by atoms with Gasteiger partial charge in [0.25, 0.3) is 10.0 Å². The summed E-state index contributed by atoms with van der Waals surface area (Å²) < 4.78 is 45.6. The molecule has 0 atom stereocenters. The molecule has 2 rings (SSSR count). The fraction of sp³-hybridized carbons (Fsp3) is 0.333. The lowest BCUT2D eigenvalue weighted by Crippen LogP contribution is -2.15. The molecule has 0 aliphatic carbocycles. The highest BCUT2D eigenvalue weighted by Crippen LogP contribution is 2.34. The Kier molecular flexibility index (Phi) is 7.16. The van der Waals surface area contributed by atoms with Crippen LogP contribution in [0, 0.1) is 0 Å². The predicted octanol–water partition coefficient (Wildman–Crippen LogP) is 4.45. The summed E-state index contributed by atoms with van der Waals surface area (Å²) in [6.45, 7) is 6.72. The monoisotopic (exact) mass is 443 g/mol. The molecule has 6 nitrogen and oxygen atoms in total. The Hall–Kier alpha value is -1.93. The smallest absolute Gasteiger partial charge is 0.265 e. The standard InChI is InChI=1S/C18H22BrNO5S/c1-4-23-14-8-10-16(24-5-2)15(12-14)20-26(21,22)18-11-13(19)7-9-17(18)25-6-3/h7-12,20H,4-6H2,1-3H3. The zero-order valence-corrected chi connectivity index (χ0v) is 17.3. The number of nitrogens with one attached hydrogen (secondary N) is 1. The molecule has 0 amide bonds. The summed E-state index contributed by atoms with van der Waals surface area (Å²) in [5, 5.41) is 0. The minimum Gasteiger partial charge on any atom is -0.494 e. The fourth-order valence-electron chi connectivity index (χ4n) is 2.29. The lowest BCUT2D eigenvalue weighted by Gasteiger charge is -2.16. The van der Waals surface area contributed by atoms with Crippen LogP contribution in [0.4, 0.5) is 5.69 Å². The molecule has 0 aliphatic heterocycles. The van der Waals surface area contributed by atoms with Crippen LogP contribution in [0.25, 0.3) is 0 Å². The van der Waals surface area contributed by atoms with E-state index in [9.17, 15) is 8.42 Å². The Morgan fingerprint density at radius 1 is 0.885 bits per heavy atom. The SMILES string of the molecule is CCOc1ccc(OCC)c(NS(=O)(=O)c2cc(Br)ccc2OCC)c1. The maximum Gasteiger partial charge on any atom is 0.265 e. The molecule has 0 heterocycles. The van der Waals surface area contributed by atoms with Crippen LogP contribution in [0.3, 0.4) is 0 Å². The van der Waals surface area contributed by atoms with E-state index in [0.717, 1.165) is 0 Å². The zero-order valence-electron chi connectivity index (χ0n) is 14.9. The van der Waals surface area contributed by atoms with Crippen LogP contribution in [0.1, 0.15) is 20.8 Å². The van der Waals surface area contributed by atoms with Crippen molar-refractivity contribution >= 4 is 31.6 Å². The predicted molar refractivity (Wildman–Crippen MR) is 105 cm³/mol. The number of ether oxygens (including phenoxy) is 3. The molecular formula is C18H22BrNO5S. The van der Waals surface area contributed by atoms with Crippen molar-refractivity contribution < 1.29 is 22.6 Å². The van der Waals surface area contributed by atoms with Crippen molar-refractivity contribution in [2.45, 2.75) is 25.7 Å². The maximum atomic E-state index is 13.0. The Morgan fingerprint density at radius 2 is 1.50 bits per heavy atom. The molecule has 0 spiro atoms. The summed E-state index contributed by atoms with van der Waals surface area (Å²) in [7, 11) is -3.90. The first-order valence-electron chi connectivity index (χ1n) is 8.26. The number of halogens is 1.